The number of carbonyl (C=O) groups is 1. The van der Waals surface area contributed by atoms with Crippen LogP contribution in [0.1, 0.15) is 12.5 Å². The molecule has 1 aromatic rings. The normalized spacial score (nSPS) is 20.7. The number of nitrogens with one attached hydrogen (secondary N) is 2. The summed E-state index contributed by atoms with van der Waals surface area (Å²) < 4.78 is 11.2. The van der Waals surface area contributed by atoms with Gasteiger partial charge in [-0.15, -0.1) is 0 Å². The molecule has 0 radical (unpaired) electrons. The predicted octanol–water partition coefficient (Wildman–Crippen LogP) is 0.906. The lowest BCUT2D eigenvalue weighted by atomic mass is 10.1. The van der Waals surface area contributed by atoms with Crippen LogP contribution in [0.3, 0.4) is 0 Å². The molecule has 1 aliphatic heterocycles. The molecular formula is C13H18N2O2S. The van der Waals surface area contributed by atoms with Crippen LogP contribution >= 0.6 is 0 Å². The van der Waals surface area contributed by atoms with Gasteiger partial charge >= 0.3 is 0 Å². The van der Waals surface area contributed by atoms with Crippen LogP contribution in [0.15, 0.2) is 24.3 Å². The minimum absolute atomic E-state index is 0.0160. The molecule has 1 heterocycles. The van der Waals surface area contributed by atoms with Gasteiger partial charge in [0.05, 0.1) is 0 Å². The highest BCUT2D eigenvalue weighted by molar-refractivity contribution is 7.84. The third-order valence-corrected chi connectivity index (χ3v) is 4.52. The molecule has 4 nitrogen and oxygen atoms in total. The molecule has 98 valence electrons. The number of anilines is 1. The molecule has 1 amide bonds. The second-order valence-corrected chi connectivity index (χ2v) is 6.41. The summed E-state index contributed by atoms with van der Waals surface area (Å²) >= 11 is 0. The molecular weight excluding hydrogens is 248 g/mol. The number of hydrogen-bond donors (Lipinski definition) is 2. The summed E-state index contributed by atoms with van der Waals surface area (Å²) in [5.74, 6) is -0.0245. The first-order valence-corrected chi connectivity index (χ1v) is 7.64. The molecule has 5 heteroatoms. The van der Waals surface area contributed by atoms with E-state index in [0.717, 1.165) is 5.69 Å². The van der Waals surface area contributed by atoms with Crippen LogP contribution in [0.25, 0.3) is 0 Å². The van der Waals surface area contributed by atoms with E-state index in [0.29, 0.717) is 13.0 Å². The maximum atomic E-state index is 12.0. The van der Waals surface area contributed by atoms with Gasteiger partial charge in [-0.2, -0.15) is 0 Å². The molecule has 0 saturated carbocycles. The number of rotatable bonds is 4. The zero-order valence-electron chi connectivity index (χ0n) is 10.6. The summed E-state index contributed by atoms with van der Waals surface area (Å²) in [5.41, 5.74) is 2.20. The van der Waals surface area contributed by atoms with Gasteiger partial charge in [0, 0.05) is 41.0 Å². The summed E-state index contributed by atoms with van der Waals surface area (Å²) in [5, 5.41) is 6.03. The van der Waals surface area contributed by atoms with Gasteiger partial charge in [-0.1, -0.05) is 18.2 Å². The number of carbonyl (C=O) groups excluding carboxylic acids is 1. The first-order chi connectivity index (χ1) is 8.58. The van der Waals surface area contributed by atoms with Crippen molar-refractivity contribution >= 4 is 22.4 Å². The van der Waals surface area contributed by atoms with Gasteiger partial charge in [-0.3, -0.25) is 9.00 Å². The van der Waals surface area contributed by atoms with Crippen molar-refractivity contribution in [1.29, 1.82) is 0 Å². The smallest absolute Gasteiger partial charge is 0.242 e. The van der Waals surface area contributed by atoms with Gasteiger partial charge in [0.1, 0.15) is 6.04 Å². The standard InChI is InChI=1S/C13H18N2O2S/c1-9(18(2)17)8-14-13(16)12-7-10-5-3-4-6-11(10)15-12/h3-6,9,12,15H,7-8H2,1-2H3,(H,14,16)/t9?,12-,18?/m0/s1. The van der Waals surface area contributed by atoms with Crippen molar-refractivity contribution in [3.05, 3.63) is 29.8 Å². The van der Waals surface area contributed by atoms with E-state index >= 15 is 0 Å². The number of hydrogen-bond acceptors (Lipinski definition) is 3. The molecule has 3 atom stereocenters. The Balaban J connectivity index is 1.88. The van der Waals surface area contributed by atoms with Crippen molar-refractivity contribution in [2.24, 2.45) is 0 Å². The van der Waals surface area contributed by atoms with Gasteiger partial charge in [0.2, 0.25) is 5.91 Å². The Morgan fingerprint density at radius 1 is 1.56 bits per heavy atom. The highest BCUT2D eigenvalue weighted by Gasteiger charge is 2.26. The van der Waals surface area contributed by atoms with E-state index in [9.17, 15) is 9.00 Å². The Morgan fingerprint density at radius 3 is 2.94 bits per heavy atom. The fourth-order valence-electron chi connectivity index (χ4n) is 1.94. The zero-order chi connectivity index (χ0) is 13.1. The Labute approximate surface area is 110 Å². The summed E-state index contributed by atoms with van der Waals surface area (Å²) in [6, 6.07) is 7.73. The average molecular weight is 266 g/mol. The van der Waals surface area contributed by atoms with Gasteiger partial charge in [-0.05, 0) is 18.6 Å². The Morgan fingerprint density at radius 2 is 2.28 bits per heavy atom. The van der Waals surface area contributed by atoms with E-state index in [1.165, 1.54) is 5.56 Å². The van der Waals surface area contributed by atoms with Gasteiger partial charge in [0.25, 0.3) is 0 Å². The molecule has 0 aliphatic carbocycles. The third-order valence-electron chi connectivity index (χ3n) is 3.22. The van der Waals surface area contributed by atoms with E-state index < -0.39 is 10.8 Å². The molecule has 0 aromatic heterocycles. The molecule has 2 N–H and O–H groups in total. The van der Waals surface area contributed by atoms with Crippen molar-refractivity contribution in [3.63, 3.8) is 0 Å². The first-order valence-electron chi connectivity index (χ1n) is 6.02. The fraction of sp³-hybridized carbons (Fsp3) is 0.462. The summed E-state index contributed by atoms with van der Waals surface area (Å²) in [7, 11) is -0.903. The third kappa shape index (κ3) is 2.90. The van der Waals surface area contributed by atoms with E-state index in [2.05, 4.69) is 10.6 Å². The molecule has 2 unspecified atom stereocenters. The molecule has 2 rings (SSSR count). The Kier molecular flexibility index (Phi) is 4.01. The summed E-state index contributed by atoms with van der Waals surface area (Å²) in [6.45, 7) is 2.32. The van der Waals surface area contributed by atoms with Crippen LogP contribution in [-0.4, -0.2) is 34.2 Å². The highest BCUT2D eigenvalue weighted by atomic mass is 32.2. The lowest BCUT2D eigenvalue weighted by Crippen LogP contribution is -2.41. The number of fused-ring (bicyclic) bond motifs is 1. The van der Waals surface area contributed by atoms with Crippen molar-refractivity contribution in [2.45, 2.75) is 24.6 Å². The van der Waals surface area contributed by atoms with E-state index in [1.807, 2.05) is 31.2 Å². The minimum atomic E-state index is -0.903. The van der Waals surface area contributed by atoms with Crippen LogP contribution in [0.4, 0.5) is 5.69 Å². The number of amides is 1. The largest absolute Gasteiger partial charge is 0.373 e. The second-order valence-electron chi connectivity index (χ2n) is 4.61. The van der Waals surface area contributed by atoms with Crippen LogP contribution in [0.5, 0.6) is 0 Å². The minimum Gasteiger partial charge on any atom is -0.373 e. The maximum Gasteiger partial charge on any atom is 0.242 e. The van der Waals surface area contributed by atoms with Gasteiger partial charge < -0.3 is 10.6 Å². The van der Waals surface area contributed by atoms with Crippen LogP contribution < -0.4 is 10.6 Å². The molecule has 1 aromatic carbocycles. The van der Waals surface area contributed by atoms with Crippen LogP contribution in [-0.2, 0) is 22.0 Å². The SMILES string of the molecule is CC(CNC(=O)[C@@H]1Cc2ccccc2N1)S(C)=O. The first kappa shape index (κ1) is 13.1. The number of para-hydroxylation sites is 1. The molecule has 0 fully saturated rings. The van der Waals surface area contributed by atoms with Crippen molar-refractivity contribution < 1.29 is 9.00 Å². The van der Waals surface area contributed by atoms with E-state index in [4.69, 9.17) is 0 Å². The maximum absolute atomic E-state index is 12.0. The van der Waals surface area contributed by atoms with E-state index in [-0.39, 0.29) is 17.2 Å². The Hall–Kier alpha value is -1.36. The highest BCUT2D eigenvalue weighted by Crippen LogP contribution is 2.24. The fourth-order valence-corrected chi connectivity index (χ4v) is 2.26. The summed E-state index contributed by atoms with van der Waals surface area (Å²) in [4.78, 5) is 12.0. The molecule has 0 bridgehead atoms. The van der Waals surface area contributed by atoms with Gasteiger partial charge in [-0.25, -0.2) is 0 Å². The number of benzene rings is 1. The topological polar surface area (TPSA) is 58.2 Å². The average Bonchev–Trinajstić information content (AvgIpc) is 2.79. The molecule has 18 heavy (non-hydrogen) atoms. The predicted molar refractivity (Wildman–Crippen MR) is 74.1 cm³/mol. The second kappa shape index (κ2) is 5.52. The van der Waals surface area contributed by atoms with E-state index in [1.54, 1.807) is 6.26 Å². The molecule has 0 saturated heterocycles. The summed E-state index contributed by atoms with van der Waals surface area (Å²) in [6.07, 6.45) is 2.37. The molecule has 0 spiro atoms. The molecule has 1 aliphatic rings. The van der Waals surface area contributed by atoms with Crippen molar-refractivity contribution in [3.8, 4) is 0 Å². The van der Waals surface area contributed by atoms with Crippen LogP contribution in [0, 0.1) is 0 Å². The van der Waals surface area contributed by atoms with Gasteiger partial charge in [0.15, 0.2) is 0 Å². The van der Waals surface area contributed by atoms with Crippen molar-refractivity contribution in [2.75, 3.05) is 18.1 Å². The van der Waals surface area contributed by atoms with Crippen molar-refractivity contribution in [1.82, 2.24) is 5.32 Å². The quantitative estimate of drug-likeness (QED) is 0.851. The lowest BCUT2D eigenvalue weighted by Gasteiger charge is -2.14. The zero-order valence-corrected chi connectivity index (χ0v) is 11.4. The Bertz CT molecular complexity index is 451. The lowest BCUT2D eigenvalue weighted by molar-refractivity contribution is -0.121. The monoisotopic (exact) mass is 266 g/mol. The van der Waals surface area contributed by atoms with Crippen LogP contribution in [0.2, 0.25) is 0 Å².